The van der Waals surface area contributed by atoms with Crippen LogP contribution in [-0.2, 0) is 0 Å². The summed E-state index contributed by atoms with van der Waals surface area (Å²) in [6.45, 7) is 0. The standard InChI is InChI=1S/C10H5BrF2N2O2/c11-5-1-4(6(12)2-7(5)13)8-3-9(10(16)17)15-14-8/h1-3H,(H,14,15)(H,16,17). The second-order valence-corrected chi connectivity index (χ2v) is 4.07. The van der Waals surface area contributed by atoms with Crippen LogP contribution in [0.2, 0.25) is 0 Å². The van der Waals surface area contributed by atoms with Crippen molar-refractivity contribution < 1.29 is 18.7 Å². The number of nitrogens with zero attached hydrogens (tertiary/aromatic N) is 1. The first-order valence-corrected chi connectivity index (χ1v) is 5.22. The lowest BCUT2D eigenvalue weighted by Crippen LogP contribution is -1.95. The number of carboxylic acids is 1. The molecule has 0 aliphatic heterocycles. The Morgan fingerprint density at radius 3 is 2.59 bits per heavy atom. The first kappa shape index (κ1) is 11.7. The molecule has 0 amide bonds. The number of carbonyl (C=O) groups is 1. The molecule has 0 atom stereocenters. The lowest BCUT2D eigenvalue weighted by atomic mass is 10.1. The number of aromatic nitrogens is 2. The van der Waals surface area contributed by atoms with Gasteiger partial charge in [0.15, 0.2) is 0 Å². The molecule has 0 saturated carbocycles. The zero-order valence-electron chi connectivity index (χ0n) is 8.17. The fourth-order valence-electron chi connectivity index (χ4n) is 1.29. The largest absolute Gasteiger partial charge is 0.477 e. The molecule has 2 aromatic rings. The molecule has 0 saturated heterocycles. The lowest BCUT2D eigenvalue weighted by Gasteiger charge is -2.01. The zero-order chi connectivity index (χ0) is 12.6. The van der Waals surface area contributed by atoms with Gasteiger partial charge in [-0.25, -0.2) is 13.6 Å². The monoisotopic (exact) mass is 302 g/mol. The molecule has 0 fully saturated rings. The maximum absolute atomic E-state index is 13.5. The van der Waals surface area contributed by atoms with Crippen molar-refractivity contribution in [1.82, 2.24) is 10.2 Å². The Hall–Kier alpha value is -1.76. The van der Waals surface area contributed by atoms with E-state index in [2.05, 4.69) is 26.1 Å². The van der Waals surface area contributed by atoms with Gasteiger partial charge in [0.2, 0.25) is 0 Å². The number of halogens is 3. The maximum Gasteiger partial charge on any atom is 0.353 e. The maximum atomic E-state index is 13.5. The van der Waals surface area contributed by atoms with Gasteiger partial charge in [0.25, 0.3) is 0 Å². The van der Waals surface area contributed by atoms with Crippen LogP contribution in [0.5, 0.6) is 0 Å². The molecule has 2 N–H and O–H groups in total. The van der Waals surface area contributed by atoms with Crippen LogP contribution in [0, 0.1) is 11.6 Å². The van der Waals surface area contributed by atoms with Crippen LogP contribution >= 0.6 is 15.9 Å². The molecular weight excluding hydrogens is 298 g/mol. The molecule has 1 heterocycles. The Morgan fingerprint density at radius 2 is 2.00 bits per heavy atom. The Labute approximate surface area is 102 Å². The predicted molar refractivity (Wildman–Crippen MR) is 58.6 cm³/mol. The van der Waals surface area contributed by atoms with Crippen molar-refractivity contribution in [3.8, 4) is 11.3 Å². The number of rotatable bonds is 2. The highest BCUT2D eigenvalue weighted by atomic mass is 79.9. The second-order valence-electron chi connectivity index (χ2n) is 3.22. The molecule has 0 radical (unpaired) electrons. The minimum atomic E-state index is -1.20. The van der Waals surface area contributed by atoms with Crippen LogP contribution in [0.3, 0.4) is 0 Å². The van der Waals surface area contributed by atoms with Crippen LogP contribution in [0.4, 0.5) is 8.78 Å². The van der Waals surface area contributed by atoms with Crippen molar-refractivity contribution in [3.05, 3.63) is 40.0 Å². The lowest BCUT2D eigenvalue weighted by molar-refractivity contribution is 0.0690. The number of carboxylic acid groups (broad SMARTS) is 1. The van der Waals surface area contributed by atoms with Crippen molar-refractivity contribution in [2.24, 2.45) is 0 Å². The number of benzene rings is 1. The normalized spacial score (nSPS) is 10.5. The highest BCUT2D eigenvalue weighted by Crippen LogP contribution is 2.27. The van der Waals surface area contributed by atoms with E-state index < -0.39 is 17.6 Å². The highest BCUT2D eigenvalue weighted by Gasteiger charge is 2.14. The Bertz CT molecular complexity index is 598. The highest BCUT2D eigenvalue weighted by molar-refractivity contribution is 9.10. The van der Waals surface area contributed by atoms with Gasteiger partial charge < -0.3 is 5.11 Å². The summed E-state index contributed by atoms with van der Waals surface area (Å²) < 4.78 is 26.5. The summed E-state index contributed by atoms with van der Waals surface area (Å²) in [6.07, 6.45) is 0. The number of H-pyrrole nitrogens is 1. The average Bonchev–Trinajstić information content (AvgIpc) is 2.72. The van der Waals surface area contributed by atoms with E-state index in [4.69, 9.17) is 5.11 Å². The van der Waals surface area contributed by atoms with Gasteiger partial charge in [-0.15, -0.1) is 0 Å². The smallest absolute Gasteiger partial charge is 0.353 e. The fraction of sp³-hybridized carbons (Fsp3) is 0. The molecule has 0 aliphatic rings. The van der Waals surface area contributed by atoms with Crippen LogP contribution < -0.4 is 0 Å². The Balaban J connectivity index is 2.52. The van der Waals surface area contributed by atoms with Gasteiger partial charge in [0.1, 0.15) is 17.3 Å². The molecule has 17 heavy (non-hydrogen) atoms. The van der Waals surface area contributed by atoms with E-state index in [1.54, 1.807) is 0 Å². The topological polar surface area (TPSA) is 66.0 Å². The Morgan fingerprint density at radius 1 is 1.29 bits per heavy atom. The average molecular weight is 303 g/mol. The number of hydrogen-bond acceptors (Lipinski definition) is 2. The van der Waals surface area contributed by atoms with Gasteiger partial charge in [-0.2, -0.15) is 5.10 Å². The molecule has 4 nitrogen and oxygen atoms in total. The van der Waals surface area contributed by atoms with E-state index in [-0.39, 0.29) is 21.4 Å². The minimum Gasteiger partial charge on any atom is -0.477 e. The third kappa shape index (κ3) is 2.19. The van der Waals surface area contributed by atoms with Gasteiger partial charge in [-0.05, 0) is 28.1 Å². The summed E-state index contributed by atoms with van der Waals surface area (Å²) in [7, 11) is 0. The fourth-order valence-corrected chi connectivity index (χ4v) is 1.63. The van der Waals surface area contributed by atoms with Gasteiger partial charge in [-0.3, -0.25) is 5.10 Å². The number of hydrogen-bond donors (Lipinski definition) is 2. The molecule has 88 valence electrons. The quantitative estimate of drug-likeness (QED) is 0.838. The van der Waals surface area contributed by atoms with Crippen molar-refractivity contribution in [1.29, 1.82) is 0 Å². The third-order valence-electron chi connectivity index (χ3n) is 2.09. The number of nitrogens with one attached hydrogen (secondary N) is 1. The summed E-state index contributed by atoms with van der Waals surface area (Å²) >= 11 is 2.92. The summed E-state index contributed by atoms with van der Waals surface area (Å²) in [5, 5.41) is 14.6. The molecule has 1 aromatic heterocycles. The minimum absolute atomic E-state index is 0.0158. The molecule has 0 bridgehead atoms. The van der Waals surface area contributed by atoms with E-state index >= 15 is 0 Å². The van der Waals surface area contributed by atoms with E-state index in [9.17, 15) is 13.6 Å². The summed E-state index contributed by atoms with van der Waals surface area (Å²) in [5.74, 6) is -2.75. The van der Waals surface area contributed by atoms with Crippen LogP contribution in [0.15, 0.2) is 22.7 Å². The molecule has 0 spiro atoms. The number of aromatic carboxylic acids is 1. The van der Waals surface area contributed by atoms with Gasteiger partial charge >= 0.3 is 5.97 Å². The SMILES string of the molecule is O=C(O)c1cc(-c2cc(Br)c(F)cc2F)n[nH]1. The molecular formula is C10H5BrF2N2O2. The van der Waals surface area contributed by atoms with Gasteiger partial charge in [0.05, 0.1) is 10.2 Å². The summed E-state index contributed by atoms with van der Waals surface area (Å²) in [5.41, 5.74) is -0.0533. The van der Waals surface area contributed by atoms with E-state index in [0.717, 1.165) is 0 Å². The van der Waals surface area contributed by atoms with Crippen LogP contribution in [0.1, 0.15) is 10.5 Å². The van der Waals surface area contributed by atoms with E-state index in [1.807, 2.05) is 0 Å². The first-order valence-electron chi connectivity index (χ1n) is 4.42. The second kappa shape index (κ2) is 4.25. The van der Waals surface area contributed by atoms with Crippen molar-refractivity contribution >= 4 is 21.9 Å². The van der Waals surface area contributed by atoms with Crippen molar-refractivity contribution in [3.63, 3.8) is 0 Å². The van der Waals surface area contributed by atoms with E-state index in [0.29, 0.717) is 6.07 Å². The van der Waals surface area contributed by atoms with Crippen molar-refractivity contribution in [2.75, 3.05) is 0 Å². The molecule has 7 heteroatoms. The van der Waals surface area contributed by atoms with Crippen LogP contribution in [-0.4, -0.2) is 21.3 Å². The predicted octanol–water partition coefficient (Wildman–Crippen LogP) is 2.82. The third-order valence-corrected chi connectivity index (χ3v) is 2.70. The first-order chi connectivity index (χ1) is 7.99. The molecule has 1 aromatic carbocycles. The van der Waals surface area contributed by atoms with Crippen molar-refractivity contribution in [2.45, 2.75) is 0 Å². The molecule has 2 rings (SSSR count). The van der Waals surface area contributed by atoms with Gasteiger partial charge in [0, 0.05) is 11.6 Å². The summed E-state index contributed by atoms with van der Waals surface area (Å²) in [6, 6.07) is 3.08. The van der Waals surface area contributed by atoms with Crippen LogP contribution in [0.25, 0.3) is 11.3 Å². The summed E-state index contributed by atoms with van der Waals surface area (Å²) in [4.78, 5) is 10.6. The zero-order valence-corrected chi connectivity index (χ0v) is 9.75. The number of aromatic amines is 1. The van der Waals surface area contributed by atoms with Gasteiger partial charge in [-0.1, -0.05) is 0 Å². The molecule has 0 unspecified atom stereocenters. The van der Waals surface area contributed by atoms with E-state index in [1.165, 1.54) is 12.1 Å². The Kier molecular flexibility index (Phi) is 2.93. The molecule has 0 aliphatic carbocycles.